The number of aliphatic hydroxyl groups excluding tert-OH is 1. The largest absolute Gasteiger partial charge is 0.454 e. The standard InChI is InChI=1S/C29H34N2O7S/c1-21(2)17-31(39(34,35)24-13-14-27-28(16-24)38-20-37-27)18-26(32)25(15-22-9-5-3-6-10-22)30-29(33)36-19-23-11-7-4-8-12-23/h3-14,16,21,25-26,32H,15,17-20H2,1-2H3,(H,30,33). The van der Waals surface area contributed by atoms with E-state index in [1.807, 2.05) is 74.5 Å². The second kappa shape index (κ2) is 13.0. The molecule has 3 aromatic carbocycles. The van der Waals surface area contributed by atoms with Crippen molar-refractivity contribution in [2.24, 2.45) is 5.92 Å². The van der Waals surface area contributed by atoms with Crippen molar-refractivity contribution in [3.8, 4) is 11.5 Å². The number of sulfonamides is 1. The summed E-state index contributed by atoms with van der Waals surface area (Å²) in [6.07, 6.45) is -1.65. The monoisotopic (exact) mass is 554 g/mol. The quantitative estimate of drug-likeness (QED) is 0.348. The molecule has 39 heavy (non-hydrogen) atoms. The number of carbonyl (C=O) groups is 1. The number of benzene rings is 3. The van der Waals surface area contributed by atoms with E-state index in [1.165, 1.54) is 16.4 Å². The van der Waals surface area contributed by atoms with Crippen molar-refractivity contribution in [1.29, 1.82) is 0 Å². The van der Waals surface area contributed by atoms with Crippen LogP contribution in [0.4, 0.5) is 4.79 Å². The van der Waals surface area contributed by atoms with Gasteiger partial charge in [-0.2, -0.15) is 4.31 Å². The summed E-state index contributed by atoms with van der Waals surface area (Å²) in [5.74, 6) is 0.814. The van der Waals surface area contributed by atoms with E-state index in [1.54, 1.807) is 6.07 Å². The molecule has 2 atom stereocenters. The van der Waals surface area contributed by atoms with Gasteiger partial charge in [0.25, 0.3) is 0 Å². The summed E-state index contributed by atoms with van der Waals surface area (Å²) >= 11 is 0. The Balaban J connectivity index is 1.52. The lowest BCUT2D eigenvalue weighted by molar-refractivity contribution is 0.0873. The van der Waals surface area contributed by atoms with E-state index >= 15 is 0 Å². The first-order valence-electron chi connectivity index (χ1n) is 12.8. The summed E-state index contributed by atoms with van der Waals surface area (Å²) in [7, 11) is -4.00. The highest BCUT2D eigenvalue weighted by Crippen LogP contribution is 2.34. The number of ether oxygens (including phenoxy) is 3. The SMILES string of the molecule is CC(C)CN(CC(O)C(Cc1ccccc1)NC(=O)OCc1ccccc1)S(=O)(=O)c1ccc2c(c1)OCO2. The summed E-state index contributed by atoms with van der Waals surface area (Å²) in [5.41, 5.74) is 1.70. The number of hydrogen-bond acceptors (Lipinski definition) is 7. The van der Waals surface area contributed by atoms with E-state index in [0.717, 1.165) is 11.1 Å². The molecule has 208 valence electrons. The van der Waals surface area contributed by atoms with Gasteiger partial charge >= 0.3 is 6.09 Å². The molecule has 1 heterocycles. The van der Waals surface area contributed by atoms with Gasteiger partial charge in [0, 0.05) is 19.2 Å². The van der Waals surface area contributed by atoms with Crippen LogP contribution in [0.2, 0.25) is 0 Å². The van der Waals surface area contributed by atoms with Crippen molar-refractivity contribution in [3.63, 3.8) is 0 Å². The number of rotatable bonds is 12. The third-order valence-electron chi connectivity index (χ3n) is 6.22. The number of aliphatic hydroxyl groups is 1. The highest BCUT2D eigenvalue weighted by Gasteiger charge is 2.32. The van der Waals surface area contributed by atoms with Gasteiger partial charge in [0.2, 0.25) is 16.8 Å². The normalized spacial score (nSPS) is 14.3. The van der Waals surface area contributed by atoms with Crippen molar-refractivity contribution in [2.75, 3.05) is 19.9 Å². The Morgan fingerprint density at radius 2 is 1.59 bits per heavy atom. The third-order valence-corrected chi connectivity index (χ3v) is 8.05. The molecule has 10 heteroatoms. The van der Waals surface area contributed by atoms with Crippen LogP contribution in [0.3, 0.4) is 0 Å². The topological polar surface area (TPSA) is 114 Å². The van der Waals surface area contributed by atoms with Crippen molar-refractivity contribution in [1.82, 2.24) is 9.62 Å². The molecular formula is C29H34N2O7S. The summed E-state index contributed by atoms with van der Waals surface area (Å²) in [4.78, 5) is 12.7. The van der Waals surface area contributed by atoms with Gasteiger partial charge in [0.05, 0.1) is 17.0 Å². The minimum absolute atomic E-state index is 0.0163. The fourth-order valence-electron chi connectivity index (χ4n) is 4.27. The molecule has 9 nitrogen and oxygen atoms in total. The maximum absolute atomic E-state index is 13.7. The zero-order chi connectivity index (χ0) is 27.8. The van der Waals surface area contributed by atoms with Gasteiger partial charge in [-0.1, -0.05) is 74.5 Å². The average molecular weight is 555 g/mol. The first kappa shape index (κ1) is 28.4. The Morgan fingerprint density at radius 1 is 0.949 bits per heavy atom. The van der Waals surface area contributed by atoms with Gasteiger partial charge < -0.3 is 24.6 Å². The van der Waals surface area contributed by atoms with Crippen LogP contribution in [-0.4, -0.2) is 56.0 Å². The average Bonchev–Trinajstić information content (AvgIpc) is 3.40. The van der Waals surface area contributed by atoms with Crippen LogP contribution >= 0.6 is 0 Å². The Labute approximate surface area is 229 Å². The number of hydrogen-bond donors (Lipinski definition) is 2. The Kier molecular flexibility index (Phi) is 9.45. The molecule has 2 N–H and O–H groups in total. The summed E-state index contributed by atoms with van der Waals surface area (Å²) in [6.45, 7) is 3.83. The van der Waals surface area contributed by atoms with E-state index in [-0.39, 0.29) is 43.7 Å². The first-order valence-corrected chi connectivity index (χ1v) is 14.3. The van der Waals surface area contributed by atoms with E-state index in [2.05, 4.69) is 5.32 Å². The lowest BCUT2D eigenvalue weighted by Crippen LogP contribution is -2.51. The molecule has 4 rings (SSSR count). The Hall–Kier alpha value is -3.60. The van der Waals surface area contributed by atoms with E-state index in [9.17, 15) is 18.3 Å². The molecule has 2 unspecified atom stereocenters. The summed E-state index contributed by atoms with van der Waals surface area (Å²) < 4.78 is 44.6. The zero-order valence-electron chi connectivity index (χ0n) is 22.0. The zero-order valence-corrected chi connectivity index (χ0v) is 22.8. The van der Waals surface area contributed by atoms with Crippen LogP contribution in [-0.2, 0) is 27.8 Å². The molecule has 1 aliphatic rings. The fraction of sp³-hybridized carbons (Fsp3) is 0.345. The molecule has 0 fully saturated rings. The predicted octanol–water partition coefficient (Wildman–Crippen LogP) is 3.96. The molecule has 0 radical (unpaired) electrons. The summed E-state index contributed by atoms with van der Waals surface area (Å²) in [5, 5.41) is 14.1. The maximum Gasteiger partial charge on any atom is 0.407 e. The molecule has 0 bridgehead atoms. The second-order valence-corrected chi connectivity index (χ2v) is 11.7. The molecule has 0 spiro atoms. The number of alkyl carbamates (subject to hydrolysis) is 1. The van der Waals surface area contributed by atoms with Crippen molar-refractivity contribution in [3.05, 3.63) is 90.0 Å². The van der Waals surface area contributed by atoms with Crippen LogP contribution in [0.25, 0.3) is 0 Å². The lowest BCUT2D eigenvalue weighted by Gasteiger charge is -2.30. The highest BCUT2D eigenvalue weighted by molar-refractivity contribution is 7.89. The minimum Gasteiger partial charge on any atom is -0.454 e. The van der Waals surface area contributed by atoms with Crippen molar-refractivity contribution >= 4 is 16.1 Å². The number of nitrogens with one attached hydrogen (secondary N) is 1. The maximum atomic E-state index is 13.7. The molecule has 1 amide bonds. The number of nitrogens with zero attached hydrogens (tertiary/aromatic N) is 1. The number of carbonyl (C=O) groups excluding carboxylic acids is 1. The van der Waals surface area contributed by atoms with Crippen LogP contribution in [0.15, 0.2) is 83.8 Å². The molecule has 0 saturated carbocycles. The van der Waals surface area contributed by atoms with Gasteiger partial charge in [0.1, 0.15) is 6.61 Å². The van der Waals surface area contributed by atoms with Crippen molar-refractivity contribution in [2.45, 2.75) is 43.9 Å². The van der Waals surface area contributed by atoms with Crippen LogP contribution in [0.5, 0.6) is 11.5 Å². The third kappa shape index (κ3) is 7.72. The van der Waals surface area contributed by atoms with E-state index < -0.39 is 28.3 Å². The Bertz CT molecular complexity index is 1330. The van der Waals surface area contributed by atoms with Gasteiger partial charge in [-0.15, -0.1) is 0 Å². The highest BCUT2D eigenvalue weighted by atomic mass is 32.2. The molecule has 0 aliphatic carbocycles. The van der Waals surface area contributed by atoms with E-state index in [0.29, 0.717) is 11.5 Å². The van der Waals surface area contributed by atoms with Crippen LogP contribution in [0.1, 0.15) is 25.0 Å². The van der Waals surface area contributed by atoms with Gasteiger partial charge in [-0.05, 0) is 35.6 Å². The lowest BCUT2D eigenvalue weighted by atomic mass is 10.0. The van der Waals surface area contributed by atoms with Gasteiger partial charge in [-0.3, -0.25) is 0 Å². The predicted molar refractivity (Wildman–Crippen MR) is 146 cm³/mol. The molecular weight excluding hydrogens is 520 g/mol. The molecule has 0 aromatic heterocycles. The molecule has 1 aliphatic heterocycles. The van der Waals surface area contributed by atoms with Crippen LogP contribution in [0, 0.1) is 5.92 Å². The van der Waals surface area contributed by atoms with E-state index in [4.69, 9.17) is 14.2 Å². The first-order chi connectivity index (χ1) is 18.7. The Morgan fingerprint density at radius 3 is 2.26 bits per heavy atom. The summed E-state index contributed by atoms with van der Waals surface area (Å²) in [6, 6.07) is 22.3. The van der Waals surface area contributed by atoms with Crippen molar-refractivity contribution < 1.29 is 32.5 Å². The van der Waals surface area contributed by atoms with Gasteiger partial charge in [-0.25, -0.2) is 13.2 Å². The number of fused-ring (bicyclic) bond motifs is 1. The number of amides is 1. The fourth-order valence-corrected chi connectivity index (χ4v) is 5.91. The second-order valence-electron chi connectivity index (χ2n) is 9.80. The smallest absolute Gasteiger partial charge is 0.407 e. The molecule has 0 saturated heterocycles. The molecule has 3 aromatic rings. The van der Waals surface area contributed by atoms with Gasteiger partial charge in [0.15, 0.2) is 11.5 Å². The van der Waals surface area contributed by atoms with Crippen LogP contribution < -0.4 is 14.8 Å². The minimum atomic E-state index is -4.00.